The zero-order valence-electron chi connectivity index (χ0n) is 19.0. The van der Waals surface area contributed by atoms with Gasteiger partial charge in [0.2, 0.25) is 0 Å². The smallest absolute Gasteiger partial charge is 0.127 e. The Hall–Kier alpha value is -2.73. The largest absolute Gasteiger partial charge is 0.489 e. The minimum absolute atomic E-state index is 0.139. The van der Waals surface area contributed by atoms with E-state index in [1.165, 1.54) is 0 Å². The number of ether oxygens (including phenoxy) is 2. The van der Waals surface area contributed by atoms with Crippen LogP contribution >= 0.6 is 11.6 Å². The van der Waals surface area contributed by atoms with Crippen molar-refractivity contribution in [1.29, 1.82) is 0 Å². The second-order valence-electron chi connectivity index (χ2n) is 7.74. The predicted molar refractivity (Wildman–Crippen MR) is 133 cm³/mol. The van der Waals surface area contributed by atoms with Crippen molar-refractivity contribution in [3.8, 4) is 17.2 Å². The molecule has 32 heavy (non-hydrogen) atoms. The normalized spacial score (nSPS) is 11.9. The lowest BCUT2D eigenvalue weighted by atomic mass is 10.2. The number of likely N-dealkylation sites (N-methyl/N-ethyl adjacent to an activating group) is 1. The van der Waals surface area contributed by atoms with E-state index in [1.54, 1.807) is 17.1 Å². The van der Waals surface area contributed by atoms with E-state index in [0.717, 1.165) is 48.1 Å². The van der Waals surface area contributed by atoms with E-state index < -0.39 is 0 Å². The van der Waals surface area contributed by atoms with E-state index in [-0.39, 0.29) is 6.10 Å². The van der Waals surface area contributed by atoms with Gasteiger partial charge in [0.1, 0.15) is 23.4 Å². The van der Waals surface area contributed by atoms with Gasteiger partial charge in [0, 0.05) is 11.6 Å². The number of halogens is 1. The van der Waals surface area contributed by atoms with Crippen LogP contribution in [0.15, 0.2) is 72.8 Å². The average molecular weight is 454 g/mol. The highest BCUT2D eigenvalue weighted by molar-refractivity contribution is 6.30. The fourth-order valence-corrected chi connectivity index (χ4v) is 3.55. The number of benzene rings is 3. The summed E-state index contributed by atoms with van der Waals surface area (Å²) in [5.74, 6) is 8.64. The highest BCUT2D eigenvalue weighted by atomic mass is 35.5. The third-order valence-electron chi connectivity index (χ3n) is 5.24. The molecule has 170 valence electrons. The van der Waals surface area contributed by atoms with Crippen molar-refractivity contribution >= 4 is 17.3 Å². The number of anilines is 1. The molecule has 0 aromatic heterocycles. The molecule has 0 aliphatic heterocycles. The lowest BCUT2D eigenvalue weighted by Crippen LogP contribution is -2.33. The Bertz CT molecular complexity index is 942. The Morgan fingerprint density at radius 3 is 1.91 bits per heavy atom. The van der Waals surface area contributed by atoms with Gasteiger partial charge < -0.3 is 19.4 Å². The maximum absolute atomic E-state index is 6.29. The maximum atomic E-state index is 6.29. The van der Waals surface area contributed by atoms with Crippen LogP contribution in [0.3, 0.4) is 0 Å². The minimum Gasteiger partial charge on any atom is -0.489 e. The molecule has 6 heteroatoms. The summed E-state index contributed by atoms with van der Waals surface area (Å²) >= 11 is 5.91. The predicted octanol–water partition coefficient (Wildman–Crippen LogP) is 6.12. The first-order chi connectivity index (χ1) is 15.5. The van der Waals surface area contributed by atoms with Gasteiger partial charge >= 0.3 is 0 Å². The monoisotopic (exact) mass is 453 g/mol. The van der Waals surface area contributed by atoms with Gasteiger partial charge in [-0.25, -0.2) is 5.84 Å². The van der Waals surface area contributed by atoms with Crippen molar-refractivity contribution in [3.63, 3.8) is 0 Å². The summed E-state index contributed by atoms with van der Waals surface area (Å²) in [7, 11) is 0. The van der Waals surface area contributed by atoms with Crippen molar-refractivity contribution in [3.05, 3.63) is 83.4 Å². The highest BCUT2D eigenvalue weighted by Gasteiger charge is 2.09. The fourth-order valence-electron chi connectivity index (χ4n) is 3.42. The Morgan fingerprint density at radius 1 is 0.812 bits per heavy atom. The van der Waals surface area contributed by atoms with E-state index in [0.29, 0.717) is 11.6 Å². The van der Waals surface area contributed by atoms with Crippen molar-refractivity contribution < 1.29 is 9.47 Å². The topological polar surface area (TPSA) is 51.0 Å². The number of hydrogen-bond acceptors (Lipinski definition) is 5. The SMILES string of the molecule is CCN(CC)CC(C)Oc1ccc(CN(N)c2ccc(Oc3ccc(Cl)cc3)cc2)cc1. The molecule has 3 aromatic carbocycles. The van der Waals surface area contributed by atoms with Crippen LogP contribution in [0.4, 0.5) is 5.69 Å². The Kier molecular flexibility index (Phi) is 8.80. The summed E-state index contributed by atoms with van der Waals surface area (Å²) in [6.07, 6.45) is 0.139. The second-order valence-corrected chi connectivity index (χ2v) is 8.17. The quantitative estimate of drug-likeness (QED) is 0.280. The van der Waals surface area contributed by atoms with Gasteiger partial charge in [0.15, 0.2) is 0 Å². The lowest BCUT2D eigenvalue weighted by molar-refractivity contribution is 0.153. The standard InChI is InChI=1S/C26H32ClN3O2/c1-4-29(5-2)18-20(3)31-24-12-6-21(7-13-24)19-30(28)23-10-16-26(17-11-23)32-25-14-8-22(27)9-15-25/h6-17,20H,4-5,18-19,28H2,1-3H3. The Labute approximate surface area is 196 Å². The van der Waals surface area contributed by atoms with Gasteiger partial charge in [-0.05, 0) is 86.2 Å². The van der Waals surface area contributed by atoms with Gasteiger partial charge in [-0.15, -0.1) is 0 Å². The molecule has 3 aromatic rings. The number of nitrogens with zero attached hydrogens (tertiary/aromatic N) is 2. The molecule has 2 N–H and O–H groups in total. The van der Waals surface area contributed by atoms with Gasteiger partial charge in [0.25, 0.3) is 0 Å². The van der Waals surface area contributed by atoms with Crippen LogP contribution in [-0.4, -0.2) is 30.6 Å². The molecule has 0 bridgehead atoms. The molecule has 0 heterocycles. The van der Waals surface area contributed by atoms with Crippen LogP contribution in [0.5, 0.6) is 17.2 Å². The van der Waals surface area contributed by atoms with Crippen LogP contribution < -0.4 is 20.3 Å². The fraction of sp³-hybridized carbons (Fsp3) is 0.308. The van der Waals surface area contributed by atoms with Crippen molar-refractivity contribution in [2.24, 2.45) is 5.84 Å². The van der Waals surface area contributed by atoms with E-state index in [4.69, 9.17) is 26.9 Å². The van der Waals surface area contributed by atoms with E-state index >= 15 is 0 Å². The minimum atomic E-state index is 0.139. The molecular formula is C26H32ClN3O2. The molecule has 0 fully saturated rings. The molecule has 0 radical (unpaired) electrons. The van der Waals surface area contributed by atoms with Crippen LogP contribution in [0.1, 0.15) is 26.3 Å². The Morgan fingerprint density at radius 2 is 1.34 bits per heavy atom. The summed E-state index contributed by atoms with van der Waals surface area (Å²) in [5.41, 5.74) is 2.01. The number of hydrazine groups is 1. The van der Waals surface area contributed by atoms with Gasteiger partial charge in [-0.2, -0.15) is 0 Å². The molecule has 0 aliphatic carbocycles. The Balaban J connectivity index is 1.52. The first kappa shape index (κ1) is 23.9. The third kappa shape index (κ3) is 7.16. The summed E-state index contributed by atoms with van der Waals surface area (Å²) in [5, 5.41) is 2.39. The van der Waals surface area contributed by atoms with E-state index in [9.17, 15) is 0 Å². The number of rotatable bonds is 11. The van der Waals surface area contributed by atoms with Gasteiger partial charge in [0.05, 0.1) is 12.2 Å². The van der Waals surface area contributed by atoms with Gasteiger partial charge in [-0.3, -0.25) is 0 Å². The molecule has 0 saturated carbocycles. The molecular weight excluding hydrogens is 422 g/mol. The molecule has 1 atom stereocenters. The molecule has 3 rings (SSSR count). The molecule has 0 aliphatic rings. The van der Waals surface area contributed by atoms with E-state index in [2.05, 4.69) is 37.8 Å². The van der Waals surface area contributed by atoms with E-state index in [1.807, 2.05) is 48.5 Å². The molecule has 0 saturated heterocycles. The van der Waals surface area contributed by atoms with Crippen LogP contribution in [0.2, 0.25) is 5.02 Å². The summed E-state index contributed by atoms with van der Waals surface area (Å²) in [4.78, 5) is 2.36. The maximum Gasteiger partial charge on any atom is 0.127 e. The molecule has 1 unspecified atom stereocenters. The highest BCUT2D eigenvalue weighted by Crippen LogP contribution is 2.25. The first-order valence-electron chi connectivity index (χ1n) is 11.0. The zero-order valence-corrected chi connectivity index (χ0v) is 19.8. The van der Waals surface area contributed by atoms with Gasteiger partial charge in [-0.1, -0.05) is 37.6 Å². The van der Waals surface area contributed by atoms with Crippen molar-refractivity contribution in [2.45, 2.75) is 33.4 Å². The lowest BCUT2D eigenvalue weighted by Gasteiger charge is -2.23. The van der Waals surface area contributed by atoms with Crippen molar-refractivity contribution in [2.75, 3.05) is 24.6 Å². The van der Waals surface area contributed by atoms with Crippen LogP contribution in [0, 0.1) is 0 Å². The van der Waals surface area contributed by atoms with Crippen LogP contribution in [0.25, 0.3) is 0 Å². The summed E-state index contributed by atoms with van der Waals surface area (Å²) in [6.45, 7) is 10.0. The third-order valence-corrected chi connectivity index (χ3v) is 5.49. The summed E-state index contributed by atoms with van der Waals surface area (Å²) < 4.78 is 11.9. The number of hydrogen-bond donors (Lipinski definition) is 1. The summed E-state index contributed by atoms with van der Waals surface area (Å²) in [6, 6.07) is 23.1. The van der Waals surface area contributed by atoms with Crippen LogP contribution in [-0.2, 0) is 6.54 Å². The number of nitrogens with two attached hydrogens (primary N) is 1. The first-order valence-corrected chi connectivity index (χ1v) is 11.4. The molecule has 0 spiro atoms. The van der Waals surface area contributed by atoms with Crippen molar-refractivity contribution in [1.82, 2.24) is 4.90 Å². The molecule has 5 nitrogen and oxygen atoms in total. The zero-order chi connectivity index (χ0) is 22.9. The molecule has 0 amide bonds. The second kappa shape index (κ2) is 11.8. The average Bonchev–Trinajstić information content (AvgIpc) is 2.80.